The minimum Gasteiger partial charge on any atom is -0.381 e. The highest BCUT2D eigenvalue weighted by Crippen LogP contribution is 2.38. The van der Waals surface area contributed by atoms with Crippen LogP contribution in [0.3, 0.4) is 0 Å². The van der Waals surface area contributed by atoms with E-state index in [9.17, 15) is 4.79 Å². The molecule has 2 fully saturated rings. The Hall–Kier alpha value is -0.970. The lowest BCUT2D eigenvalue weighted by molar-refractivity contribution is -0.142. The largest absolute Gasteiger partial charge is 0.381 e. The van der Waals surface area contributed by atoms with Gasteiger partial charge in [0.05, 0.1) is 5.60 Å². The summed E-state index contributed by atoms with van der Waals surface area (Å²) in [5.41, 5.74) is 0.486. The summed E-state index contributed by atoms with van der Waals surface area (Å²) in [6.07, 6.45) is 4.91. The highest BCUT2D eigenvalue weighted by atomic mass is 35.5. The third-order valence-corrected chi connectivity index (χ3v) is 4.50. The molecule has 2 aliphatic heterocycles. The van der Waals surface area contributed by atoms with Crippen LogP contribution in [0.2, 0.25) is 5.15 Å². The smallest absolute Gasteiger partial charge is 0.167 e. The van der Waals surface area contributed by atoms with E-state index >= 15 is 0 Å². The first kappa shape index (κ1) is 14.0. The van der Waals surface area contributed by atoms with Crippen LogP contribution < -0.4 is 0 Å². The van der Waals surface area contributed by atoms with E-state index in [-0.39, 0.29) is 17.3 Å². The molecule has 3 rings (SSSR count). The molecule has 1 spiro atoms. The molecule has 108 valence electrons. The molecule has 1 unspecified atom stereocenters. The molecule has 1 atom stereocenters. The molecule has 4 nitrogen and oxygen atoms in total. The number of hydrogen-bond acceptors (Lipinski definition) is 4. The second-order valence-electron chi connectivity index (χ2n) is 5.57. The van der Waals surface area contributed by atoms with Crippen LogP contribution in [0.5, 0.6) is 0 Å². The monoisotopic (exact) mass is 295 g/mol. The summed E-state index contributed by atoms with van der Waals surface area (Å²) in [4.78, 5) is 16.6. The van der Waals surface area contributed by atoms with Gasteiger partial charge in [0, 0.05) is 37.5 Å². The first-order chi connectivity index (χ1) is 9.69. The second kappa shape index (κ2) is 5.80. The van der Waals surface area contributed by atoms with Gasteiger partial charge in [-0.25, -0.2) is 4.98 Å². The van der Waals surface area contributed by atoms with Crippen molar-refractivity contribution in [2.75, 3.05) is 19.8 Å². The summed E-state index contributed by atoms with van der Waals surface area (Å²) >= 11 is 5.76. The van der Waals surface area contributed by atoms with E-state index in [0.717, 1.165) is 38.9 Å². The highest BCUT2D eigenvalue weighted by Gasteiger charge is 2.41. The lowest BCUT2D eigenvalue weighted by Crippen LogP contribution is -2.45. The van der Waals surface area contributed by atoms with Crippen LogP contribution in [0.15, 0.2) is 18.3 Å². The van der Waals surface area contributed by atoms with E-state index in [1.165, 1.54) is 0 Å². The molecule has 0 N–H and O–H groups in total. The van der Waals surface area contributed by atoms with Gasteiger partial charge >= 0.3 is 0 Å². The van der Waals surface area contributed by atoms with E-state index in [2.05, 4.69) is 4.98 Å². The van der Waals surface area contributed by atoms with Gasteiger partial charge in [0.15, 0.2) is 5.78 Å². The normalized spacial score (nSPS) is 25.6. The van der Waals surface area contributed by atoms with E-state index in [0.29, 0.717) is 17.3 Å². The van der Waals surface area contributed by atoms with Crippen molar-refractivity contribution in [2.45, 2.75) is 31.3 Å². The third-order valence-electron chi connectivity index (χ3n) is 4.28. The van der Waals surface area contributed by atoms with Crippen molar-refractivity contribution in [2.24, 2.45) is 5.92 Å². The topological polar surface area (TPSA) is 48.4 Å². The summed E-state index contributed by atoms with van der Waals surface area (Å²) in [6.45, 7) is 2.10. The van der Waals surface area contributed by atoms with Gasteiger partial charge in [-0.3, -0.25) is 4.79 Å². The SMILES string of the molecule is O=C(c1ccc(Cl)nc1)C1CCOC2(CCOCC2)C1. The average Bonchev–Trinajstić information content (AvgIpc) is 2.48. The van der Waals surface area contributed by atoms with Crippen molar-refractivity contribution >= 4 is 17.4 Å². The van der Waals surface area contributed by atoms with Gasteiger partial charge < -0.3 is 9.47 Å². The minimum absolute atomic E-state index is 0.0184. The van der Waals surface area contributed by atoms with Crippen LogP contribution in [0, 0.1) is 5.92 Å². The number of rotatable bonds is 2. The zero-order valence-corrected chi connectivity index (χ0v) is 12.1. The fraction of sp³-hybridized carbons (Fsp3) is 0.600. The van der Waals surface area contributed by atoms with Crippen LogP contribution in [-0.2, 0) is 9.47 Å². The van der Waals surface area contributed by atoms with Crippen molar-refractivity contribution in [3.05, 3.63) is 29.0 Å². The number of halogens is 1. The number of aromatic nitrogens is 1. The lowest BCUT2D eigenvalue weighted by Gasteiger charge is -2.42. The van der Waals surface area contributed by atoms with Gasteiger partial charge in [0.2, 0.25) is 0 Å². The molecular weight excluding hydrogens is 278 g/mol. The van der Waals surface area contributed by atoms with Gasteiger partial charge in [-0.05, 0) is 37.8 Å². The fourth-order valence-electron chi connectivity index (χ4n) is 3.10. The highest BCUT2D eigenvalue weighted by molar-refractivity contribution is 6.29. The second-order valence-corrected chi connectivity index (χ2v) is 5.95. The van der Waals surface area contributed by atoms with Crippen LogP contribution >= 0.6 is 11.6 Å². The third kappa shape index (κ3) is 2.87. The molecule has 2 aliphatic rings. The lowest BCUT2D eigenvalue weighted by atomic mass is 9.78. The zero-order chi connectivity index (χ0) is 14.0. The van der Waals surface area contributed by atoms with Gasteiger partial charge in [-0.1, -0.05) is 11.6 Å². The molecule has 3 heterocycles. The summed E-state index contributed by atoms with van der Waals surface area (Å²) in [6, 6.07) is 3.42. The number of pyridine rings is 1. The first-order valence-corrected chi connectivity index (χ1v) is 7.44. The van der Waals surface area contributed by atoms with Gasteiger partial charge in [-0.2, -0.15) is 0 Å². The van der Waals surface area contributed by atoms with Crippen molar-refractivity contribution in [1.29, 1.82) is 0 Å². The Kier molecular flexibility index (Phi) is 4.06. The van der Waals surface area contributed by atoms with Crippen molar-refractivity contribution in [3.63, 3.8) is 0 Å². The number of hydrogen-bond donors (Lipinski definition) is 0. The molecule has 5 heteroatoms. The van der Waals surface area contributed by atoms with Crippen molar-refractivity contribution in [1.82, 2.24) is 4.98 Å². The standard InChI is InChI=1S/C15H18ClNO3/c16-13-2-1-12(10-17-13)14(18)11-3-6-20-15(9-11)4-7-19-8-5-15/h1-2,10-11H,3-9H2. The molecule has 20 heavy (non-hydrogen) atoms. The summed E-state index contributed by atoms with van der Waals surface area (Å²) in [5, 5.41) is 0.412. The molecule has 0 aliphatic carbocycles. The number of ether oxygens (including phenoxy) is 2. The van der Waals surface area contributed by atoms with E-state index < -0.39 is 0 Å². The van der Waals surface area contributed by atoms with Gasteiger partial charge in [-0.15, -0.1) is 0 Å². The number of carbonyl (C=O) groups is 1. The number of carbonyl (C=O) groups excluding carboxylic acids is 1. The van der Waals surface area contributed by atoms with E-state index in [1.54, 1.807) is 18.3 Å². The predicted octanol–water partition coefficient (Wildman–Crippen LogP) is 2.89. The molecular formula is C15H18ClNO3. The Bertz CT molecular complexity index is 477. The molecule has 1 aromatic heterocycles. The Labute approximate surface area is 123 Å². The fourth-order valence-corrected chi connectivity index (χ4v) is 3.21. The Morgan fingerprint density at radius 1 is 1.30 bits per heavy atom. The van der Waals surface area contributed by atoms with Crippen LogP contribution in [-0.4, -0.2) is 36.2 Å². The molecule has 0 amide bonds. The zero-order valence-electron chi connectivity index (χ0n) is 11.3. The predicted molar refractivity (Wildman–Crippen MR) is 75.0 cm³/mol. The Morgan fingerprint density at radius 3 is 2.80 bits per heavy atom. The van der Waals surface area contributed by atoms with Gasteiger partial charge in [0.1, 0.15) is 5.15 Å². The minimum atomic E-state index is -0.156. The van der Waals surface area contributed by atoms with Gasteiger partial charge in [0.25, 0.3) is 0 Å². The number of nitrogens with zero attached hydrogens (tertiary/aromatic N) is 1. The number of Topliss-reactive ketones (excluding diaryl/α,β-unsaturated/α-hetero) is 1. The maximum Gasteiger partial charge on any atom is 0.167 e. The van der Waals surface area contributed by atoms with Crippen molar-refractivity contribution < 1.29 is 14.3 Å². The molecule has 1 aromatic rings. The Morgan fingerprint density at radius 2 is 2.10 bits per heavy atom. The summed E-state index contributed by atoms with van der Waals surface area (Å²) in [5.74, 6) is 0.174. The maximum absolute atomic E-state index is 12.6. The molecule has 0 bridgehead atoms. The maximum atomic E-state index is 12.6. The summed E-state index contributed by atoms with van der Waals surface area (Å²) in [7, 11) is 0. The van der Waals surface area contributed by atoms with Crippen LogP contribution in [0.25, 0.3) is 0 Å². The molecule has 0 saturated carbocycles. The van der Waals surface area contributed by atoms with Crippen LogP contribution in [0.4, 0.5) is 0 Å². The van der Waals surface area contributed by atoms with E-state index in [1.807, 2.05) is 0 Å². The first-order valence-electron chi connectivity index (χ1n) is 7.06. The van der Waals surface area contributed by atoms with Crippen molar-refractivity contribution in [3.8, 4) is 0 Å². The summed E-state index contributed by atoms with van der Waals surface area (Å²) < 4.78 is 11.4. The Balaban J connectivity index is 1.73. The van der Waals surface area contributed by atoms with E-state index in [4.69, 9.17) is 21.1 Å². The number of ketones is 1. The van der Waals surface area contributed by atoms with Crippen LogP contribution in [0.1, 0.15) is 36.0 Å². The molecule has 0 radical (unpaired) electrons. The molecule has 0 aromatic carbocycles. The quantitative estimate of drug-likeness (QED) is 0.622. The average molecular weight is 296 g/mol. The molecule has 2 saturated heterocycles.